The van der Waals surface area contributed by atoms with Gasteiger partial charge < -0.3 is 14.2 Å². The van der Waals surface area contributed by atoms with Gasteiger partial charge in [-0.3, -0.25) is 0 Å². The van der Waals surface area contributed by atoms with E-state index in [1.165, 1.54) is 14.2 Å². The molecule has 0 saturated carbocycles. The third-order valence-electron chi connectivity index (χ3n) is 3.82. The Hall–Kier alpha value is -3.13. The highest BCUT2D eigenvalue weighted by Gasteiger charge is 2.26. The van der Waals surface area contributed by atoms with Gasteiger partial charge in [0.25, 0.3) is 0 Å². The van der Waals surface area contributed by atoms with Crippen LogP contribution in [-0.4, -0.2) is 31.4 Å². The summed E-state index contributed by atoms with van der Waals surface area (Å²) in [7, 11) is 2.40. The van der Waals surface area contributed by atoms with Crippen molar-refractivity contribution in [3.63, 3.8) is 0 Å². The Bertz CT molecular complexity index is 936. The predicted molar refractivity (Wildman–Crippen MR) is 102 cm³/mol. The van der Waals surface area contributed by atoms with Crippen molar-refractivity contribution in [1.82, 2.24) is 4.98 Å². The van der Waals surface area contributed by atoms with E-state index in [0.717, 1.165) is 20.1 Å². The van der Waals surface area contributed by atoms with Gasteiger partial charge in [0.15, 0.2) is 0 Å². The Labute approximate surface area is 160 Å². The smallest absolute Gasteiger partial charge is 0.423 e. The van der Waals surface area contributed by atoms with Gasteiger partial charge in [0, 0.05) is 0 Å². The molecule has 0 saturated heterocycles. The Balaban J connectivity index is 1.77. The zero-order valence-electron chi connectivity index (χ0n) is 15.1. The van der Waals surface area contributed by atoms with Crippen LogP contribution in [0.4, 0.5) is 15.3 Å². The number of thiazole rings is 1. The molecular formula is C19H18N2O5S. The molecule has 3 rings (SSSR count). The lowest BCUT2D eigenvalue weighted by Crippen LogP contribution is -2.37. The van der Waals surface area contributed by atoms with Gasteiger partial charge in [-0.25, -0.2) is 14.6 Å². The van der Waals surface area contributed by atoms with E-state index >= 15 is 0 Å². The van der Waals surface area contributed by atoms with Crippen molar-refractivity contribution in [1.29, 1.82) is 0 Å². The molecule has 27 heavy (non-hydrogen) atoms. The quantitative estimate of drug-likeness (QED) is 0.656. The molecular weight excluding hydrogens is 368 g/mol. The molecule has 0 aliphatic heterocycles. The number of rotatable bonds is 4. The van der Waals surface area contributed by atoms with Crippen LogP contribution in [0.25, 0.3) is 10.2 Å². The molecule has 0 bridgehead atoms. The number of fused-ring (bicyclic) bond motifs is 1. The first-order chi connectivity index (χ1) is 13.0. The molecule has 0 atom stereocenters. The first-order valence-corrected chi connectivity index (χ1v) is 8.89. The van der Waals surface area contributed by atoms with Gasteiger partial charge in [0.2, 0.25) is 0 Å². The molecule has 0 spiro atoms. The standard InChI is InChI=1S/C19H18N2O5S/c1-12-10-13(8-9-15(12)21(18(22)24-2)19(23)25-3)26-11-17-20-14-6-4-5-7-16(14)27-17/h4-10H,11H2,1-3H3. The lowest BCUT2D eigenvalue weighted by Gasteiger charge is -2.20. The van der Waals surface area contributed by atoms with E-state index in [2.05, 4.69) is 14.5 Å². The second kappa shape index (κ2) is 8.05. The highest BCUT2D eigenvalue weighted by atomic mass is 32.1. The van der Waals surface area contributed by atoms with Crippen molar-refractivity contribution in [2.75, 3.05) is 19.1 Å². The Morgan fingerprint density at radius 1 is 1.07 bits per heavy atom. The minimum absolute atomic E-state index is 0.329. The average Bonchev–Trinajstić information content (AvgIpc) is 3.10. The van der Waals surface area contributed by atoms with Crippen LogP contribution in [0.3, 0.4) is 0 Å². The largest absolute Gasteiger partial charge is 0.486 e. The van der Waals surface area contributed by atoms with E-state index in [9.17, 15) is 9.59 Å². The second-order valence-corrected chi connectivity index (χ2v) is 6.70. The van der Waals surface area contributed by atoms with Gasteiger partial charge >= 0.3 is 12.2 Å². The molecule has 1 heterocycles. The molecule has 8 heteroatoms. The maximum absolute atomic E-state index is 11.9. The van der Waals surface area contributed by atoms with Gasteiger partial charge in [-0.2, -0.15) is 4.90 Å². The number of hydrogen-bond donors (Lipinski definition) is 0. The van der Waals surface area contributed by atoms with Crippen LogP contribution in [0, 0.1) is 6.92 Å². The van der Waals surface area contributed by atoms with Gasteiger partial charge in [-0.15, -0.1) is 11.3 Å². The number of aromatic nitrogens is 1. The highest BCUT2D eigenvalue weighted by Crippen LogP contribution is 2.28. The Morgan fingerprint density at radius 2 is 1.78 bits per heavy atom. The number of hydrogen-bond acceptors (Lipinski definition) is 7. The van der Waals surface area contributed by atoms with Crippen LogP contribution in [-0.2, 0) is 16.1 Å². The zero-order chi connectivity index (χ0) is 19.4. The van der Waals surface area contributed by atoms with Gasteiger partial charge in [0.1, 0.15) is 17.4 Å². The first-order valence-electron chi connectivity index (χ1n) is 8.07. The van der Waals surface area contributed by atoms with E-state index in [1.54, 1.807) is 36.5 Å². The van der Waals surface area contributed by atoms with Crippen LogP contribution in [0.15, 0.2) is 42.5 Å². The number of carbonyl (C=O) groups excluding carboxylic acids is 2. The van der Waals surface area contributed by atoms with Crippen molar-refractivity contribution in [2.24, 2.45) is 0 Å². The number of para-hydroxylation sites is 1. The highest BCUT2D eigenvalue weighted by molar-refractivity contribution is 7.18. The Kier molecular flexibility index (Phi) is 5.56. The molecule has 3 aromatic rings. The average molecular weight is 386 g/mol. The summed E-state index contributed by atoms with van der Waals surface area (Å²) < 4.78 is 16.2. The number of ether oxygens (including phenoxy) is 3. The molecule has 0 unspecified atom stereocenters. The van der Waals surface area contributed by atoms with Crippen molar-refractivity contribution >= 4 is 39.4 Å². The molecule has 0 aliphatic rings. The summed E-state index contributed by atoms with van der Waals surface area (Å²) in [5.41, 5.74) is 1.97. The van der Waals surface area contributed by atoms with E-state index in [1.807, 2.05) is 24.3 Å². The van der Waals surface area contributed by atoms with Crippen LogP contribution in [0.1, 0.15) is 10.6 Å². The first kappa shape index (κ1) is 18.7. The van der Waals surface area contributed by atoms with Gasteiger partial charge in [-0.1, -0.05) is 12.1 Å². The summed E-state index contributed by atoms with van der Waals surface area (Å²) in [6.45, 7) is 2.09. The maximum atomic E-state index is 11.9. The fourth-order valence-electron chi connectivity index (χ4n) is 2.55. The SMILES string of the molecule is COC(=O)N(C(=O)OC)c1ccc(OCc2nc3ccccc3s2)cc1C. The topological polar surface area (TPSA) is 78.0 Å². The number of nitrogens with zero attached hydrogens (tertiary/aromatic N) is 2. The van der Waals surface area contributed by atoms with Crippen LogP contribution in [0.2, 0.25) is 0 Å². The number of carbonyl (C=O) groups is 2. The van der Waals surface area contributed by atoms with Crippen molar-refractivity contribution in [2.45, 2.75) is 13.5 Å². The molecule has 140 valence electrons. The summed E-state index contributed by atoms with van der Waals surface area (Å²) in [6.07, 6.45) is -1.65. The van der Waals surface area contributed by atoms with Gasteiger partial charge in [-0.05, 0) is 42.8 Å². The summed E-state index contributed by atoms with van der Waals surface area (Å²) >= 11 is 1.58. The van der Waals surface area contributed by atoms with Crippen molar-refractivity contribution in [3.05, 3.63) is 53.0 Å². The number of benzene rings is 2. The third kappa shape index (κ3) is 4.01. The molecule has 0 fully saturated rings. The molecule has 7 nitrogen and oxygen atoms in total. The van der Waals surface area contributed by atoms with Crippen molar-refractivity contribution in [3.8, 4) is 5.75 Å². The van der Waals surface area contributed by atoms with E-state index < -0.39 is 12.2 Å². The number of imide groups is 1. The van der Waals surface area contributed by atoms with E-state index in [-0.39, 0.29) is 0 Å². The third-order valence-corrected chi connectivity index (χ3v) is 4.83. The van der Waals surface area contributed by atoms with Crippen molar-refractivity contribution < 1.29 is 23.8 Å². The number of aryl methyl sites for hydroxylation is 1. The summed E-state index contributed by atoms with van der Waals surface area (Å²) in [6, 6.07) is 12.9. The minimum Gasteiger partial charge on any atom is -0.486 e. The molecule has 2 aromatic carbocycles. The van der Waals surface area contributed by atoms with E-state index in [0.29, 0.717) is 23.6 Å². The summed E-state index contributed by atoms with van der Waals surface area (Å²) in [5.74, 6) is 0.602. The molecule has 1 aromatic heterocycles. The monoisotopic (exact) mass is 386 g/mol. The second-order valence-electron chi connectivity index (χ2n) is 5.59. The lowest BCUT2D eigenvalue weighted by molar-refractivity contribution is 0.159. The molecule has 0 radical (unpaired) electrons. The zero-order valence-corrected chi connectivity index (χ0v) is 15.9. The predicted octanol–water partition coefficient (Wildman–Crippen LogP) is 4.52. The van der Waals surface area contributed by atoms with Crippen LogP contribution >= 0.6 is 11.3 Å². The fraction of sp³-hybridized carbons (Fsp3) is 0.211. The maximum Gasteiger partial charge on any atom is 0.423 e. The minimum atomic E-state index is -0.826. The van der Waals surface area contributed by atoms with Crippen LogP contribution in [0.5, 0.6) is 5.75 Å². The Morgan fingerprint density at radius 3 is 2.41 bits per heavy atom. The number of amides is 2. The normalized spacial score (nSPS) is 10.5. The molecule has 0 aliphatic carbocycles. The molecule has 2 amide bonds. The molecule has 0 N–H and O–H groups in total. The number of anilines is 1. The fourth-order valence-corrected chi connectivity index (χ4v) is 3.43. The van der Waals surface area contributed by atoms with Crippen LogP contribution < -0.4 is 9.64 Å². The number of methoxy groups -OCH3 is 2. The summed E-state index contributed by atoms with van der Waals surface area (Å²) in [4.78, 5) is 29.2. The van der Waals surface area contributed by atoms with Gasteiger partial charge in [0.05, 0.1) is 30.1 Å². The summed E-state index contributed by atoms with van der Waals surface area (Å²) in [5, 5.41) is 0.865. The van der Waals surface area contributed by atoms with E-state index in [4.69, 9.17) is 4.74 Å². The lowest BCUT2D eigenvalue weighted by atomic mass is 10.2.